The van der Waals surface area contributed by atoms with E-state index in [0.717, 1.165) is 63.0 Å². The second-order valence-electron chi connectivity index (χ2n) is 6.67. The summed E-state index contributed by atoms with van der Waals surface area (Å²) in [5, 5.41) is 3.31. The Kier molecular flexibility index (Phi) is 8.62. The number of nitrogens with one attached hydrogen (secondary N) is 2. The van der Waals surface area contributed by atoms with E-state index in [1.54, 1.807) is 6.07 Å². The van der Waals surface area contributed by atoms with E-state index in [9.17, 15) is 8.42 Å². The van der Waals surface area contributed by atoms with E-state index in [-0.39, 0.29) is 40.1 Å². The summed E-state index contributed by atoms with van der Waals surface area (Å²) in [5.41, 5.74) is 0.260. The molecule has 1 unspecified atom stereocenters. The molecule has 27 heavy (non-hydrogen) atoms. The number of nitrogens with zero attached hydrogens (tertiary/aromatic N) is 2. The number of aliphatic imine (C=N–C) groups is 1. The number of halogens is 2. The molecule has 2 saturated heterocycles. The van der Waals surface area contributed by atoms with Gasteiger partial charge in [-0.05, 0) is 31.9 Å². The third kappa shape index (κ3) is 5.92. The van der Waals surface area contributed by atoms with Gasteiger partial charge in [0.05, 0.1) is 17.5 Å². The average Bonchev–Trinajstić information content (AvgIpc) is 3.34. The lowest BCUT2D eigenvalue weighted by atomic mass is 9.87. The topological polar surface area (TPSA) is 83.0 Å². The first-order valence-corrected chi connectivity index (χ1v) is 11.5. The van der Waals surface area contributed by atoms with Crippen LogP contribution < -0.4 is 10.0 Å². The third-order valence-electron chi connectivity index (χ3n) is 4.74. The molecule has 0 bridgehead atoms. The summed E-state index contributed by atoms with van der Waals surface area (Å²) in [5.74, 6) is 0.842. The van der Waals surface area contributed by atoms with Crippen molar-refractivity contribution < 1.29 is 13.2 Å². The van der Waals surface area contributed by atoms with Crippen molar-refractivity contribution in [3.05, 3.63) is 16.5 Å². The van der Waals surface area contributed by atoms with Crippen molar-refractivity contribution in [2.45, 2.75) is 24.0 Å². The van der Waals surface area contributed by atoms with Gasteiger partial charge in [-0.15, -0.1) is 35.3 Å². The molecule has 154 valence electrons. The number of likely N-dealkylation sites (tertiary alicyclic amines) is 1. The molecule has 3 heterocycles. The molecular formula is C16H26ClIN4O3S2. The van der Waals surface area contributed by atoms with Crippen LogP contribution in [0, 0.1) is 5.41 Å². The number of sulfonamides is 1. The highest BCUT2D eigenvalue weighted by Crippen LogP contribution is 2.38. The molecule has 0 saturated carbocycles. The molecule has 2 aliphatic rings. The maximum Gasteiger partial charge on any atom is 0.250 e. The summed E-state index contributed by atoms with van der Waals surface area (Å²) < 4.78 is 33.2. The van der Waals surface area contributed by atoms with E-state index >= 15 is 0 Å². The fraction of sp³-hybridized carbons (Fsp3) is 0.688. The van der Waals surface area contributed by atoms with E-state index in [1.807, 2.05) is 6.92 Å². The van der Waals surface area contributed by atoms with Crippen molar-refractivity contribution in [3.8, 4) is 0 Å². The van der Waals surface area contributed by atoms with E-state index < -0.39 is 10.0 Å². The Bertz CT molecular complexity index is 751. The molecule has 2 fully saturated rings. The van der Waals surface area contributed by atoms with Gasteiger partial charge >= 0.3 is 0 Å². The van der Waals surface area contributed by atoms with Gasteiger partial charge in [0.2, 0.25) is 10.0 Å². The summed E-state index contributed by atoms with van der Waals surface area (Å²) >= 11 is 6.85. The molecule has 11 heteroatoms. The van der Waals surface area contributed by atoms with Crippen LogP contribution in [0.2, 0.25) is 4.34 Å². The summed E-state index contributed by atoms with van der Waals surface area (Å²) in [4.78, 5) is 6.85. The number of hydrogen-bond acceptors (Lipinski definition) is 5. The molecule has 1 aromatic rings. The van der Waals surface area contributed by atoms with Gasteiger partial charge < -0.3 is 15.0 Å². The van der Waals surface area contributed by atoms with Gasteiger partial charge in [0.25, 0.3) is 0 Å². The van der Waals surface area contributed by atoms with E-state index in [0.29, 0.717) is 10.9 Å². The second-order valence-corrected chi connectivity index (χ2v) is 10.4. The van der Waals surface area contributed by atoms with Gasteiger partial charge in [0.15, 0.2) is 5.96 Å². The van der Waals surface area contributed by atoms with Crippen LogP contribution >= 0.6 is 46.9 Å². The van der Waals surface area contributed by atoms with Crippen LogP contribution in [0.15, 0.2) is 21.3 Å². The number of ether oxygens (including phenoxy) is 1. The van der Waals surface area contributed by atoms with Crippen LogP contribution in [0.25, 0.3) is 0 Å². The Labute approximate surface area is 187 Å². The minimum atomic E-state index is -3.52. The zero-order chi connectivity index (χ0) is 18.6. The molecule has 1 aromatic heterocycles. The highest BCUT2D eigenvalue weighted by atomic mass is 127. The third-order valence-corrected chi connectivity index (χ3v) is 7.92. The largest absolute Gasteiger partial charge is 0.381 e. The van der Waals surface area contributed by atoms with Crippen molar-refractivity contribution in [1.82, 2.24) is 14.9 Å². The predicted molar refractivity (Wildman–Crippen MR) is 120 cm³/mol. The first-order valence-electron chi connectivity index (χ1n) is 8.80. The van der Waals surface area contributed by atoms with Crippen molar-refractivity contribution in [2.24, 2.45) is 10.4 Å². The molecule has 2 N–H and O–H groups in total. The minimum Gasteiger partial charge on any atom is -0.381 e. The lowest BCUT2D eigenvalue weighted by Crippen LogP contribution is -2.42. The molecule has 1 spiro atoms. The zero-order valence-electron chi connectivity index (χ0n) is 15.2. The Morgan fingerprint density at radius 3 is 2.89 bits per heavy atom. The standard InChI is InChI=1S/C16H25ClN4O3S2.HI/c1-2-18-15(21-9-5-16(11-21)6-10-24-12-16)19-7-8-20-26(22,23)14-4-3-13(17)25-14;/h3-4,20H,2,5-12H2,1H3,(H,18,19);1H. The van der Waals surface area contributed by atoms with E-state index in [2.05, 4.69) is 19.9 Å². The SMILES string of the molecule is CCNC(=NCCNS(=O)(=O)c1ccc(Cl)s1)N1CCC2(CCOC2)C1.I. The number of rotatable bonds is 6. The molecule has 0 aromatic carbocycles. The van der Waals surface area contributed by atoms with Crippen LogP contribution in [0.5, 0.6) is 0 Å². The molecule has 1 atom stereocenters. The fourth-order valence-electron chi connectivity index (χ4n) is 3.37. The lowest BCUT2D eigenvalue weighted by molar-refractivity contribution is 0.156. The molecule has 3 rings (SSSR count). The van der Waals surface area contributed by atoms with Gasteiger partial charge in [-0.25, -0.2) is 13.1 Å². The average molecular weight is 549 g/mol. The smallest absolute Gasteiger partial charge is 0.250 e. The first-order chi connectivity index (χ1) is 12.4. The number of hydrogen-bond donors (Lipinski definition) is 2. The zero-order valence-corrected chi connectivity index (χ0v) is 20.0. The van der Waals surface area contributed by atoms with E-state index in [4.69, 9.17) is 16.3 Å². The Hall–Kier alpha value is -0.140. The van der Waals surface area contributed by atoms with Crippen LogP contribution in [-0.4, -0.2) is 65.2 Å². The maximum atomic E-state index is 12.2. The Balaban J connectivity index is 0.00000261. The van der Waals surface area contributed by atoms with Crippen molar-refractivity contribution >= 4 is 62.9 Å². The van der Waals surface area contributed by atoms with Gasteiger partial charge in [0.1, 0.15) is 4.21 Å². The van der Waals surface area contributed by atoms with Crippen molar-refractivity contribution in [2.75, 3.05) is 45.9 Å². The molecule has 2 aliphatic heterocycles. The quantitative estimate of drug-likeness (QED) is 0.247. The van der Waals surface area contributed by atoms with Crippen LogP contribution in [-0.2, 0) is 14.8 Å². The molecule has 0 amide bonds. The molecule has 7 nitrogen and oxygen atoms in total. The summed E-state index contributed by atoms with van der Waals surface area (Å²) in [6, 6.07) is 3.09. The Morgan fingerprint density at radius 2 is 2.26 bits per heavy atom. The van der Waals surface area contributed by atoms with Crippen molar-refractivity contribution in [3.63, 3.8) is 0 Å². The normalized spacial score (nSPS) is 23.0. The summed E-state index contributed by atoms with van der Waals surface area (Å²) in [6.07, 6.45) is 2.22. The molecule has 0 aliphatic carbocycles. The Morgan fingerprint density at radius 1 is 1.44 bits per heavy atom. The highest BCUT2D eigenvalue weighted by molar-refractivity contribution is 14.0. The lowest BCUT2D eigenvalue weighted by Gasteiger charge is -2.25. The number of thiophene rings is 1. The number of guanidine groups is 1. The highest BCUT2D eigenvalue weighted by Gasteiger charge is 2.42. The van der Waals surface area contributed by atoms with Gasteiger partial charge in [-0.3, -0.25) is 4.99 Å². The summed E-state index contributed by atoms with van der Waals surface area (Å²) in [7, 11) is -3.52. The van der Waals surface area contributed by atoms with Gasteiger partial charge in [0, 0.05) is 38.2 Å². The van der Waals surface area contributed by atoms with Crippen LogP contribution in [0.4, 0.5) is 0 Å². The van der Waals surface area contributed by atoms with Crippen LogP contribution in [0.1, 0.15) is 19.8 Å². The fourth-order valence-corrected chi connectivity index (χ4v) is 5.92. The van der Waals surface area contributed by atoms with E-state index in [1.165, 1.54) is 6.07 Å². The molecule has 0 radical (unpaired) electrons. The van der Waals surface area contributed by atoms with Crippen molar-refractivity contribution in [1.29, 1.82) is 0 Å². The maximum absolute atomic E-state index is 12.2. The van der Waals surface area contributed by atoms with Crippen LogP contribution in [0.3, 0.4) is 0 Å². The molecular weight excluding hydrogens is 523 g/mol. The van der Waals surface area contributed by atoms with Gasteiger partial charge in [-0.2, -0.15) is 0 Å². The predicted octanol–water partition coefficient (Wildman–Crippen LogP) is 2.38. The summed E-state index contributed by atoms with van der Waals surface area (Å²) in [6.45, 7) is 6.99. The second kappa shape index (κ2) is 10.1. The monoisotopic (exact) mass is 548 g/mol. The van der Waals surface area contributed by atoms with Gasteiger partial charge in [-0.1, -0.05) is 11.6 Å². The minimum absolute atomic E-state index is 0. The first kappa shape index (κ1) is 23.1.